The first-order valence-electron chi connectivity index (χ1n) is 9.64. The third kappa shape index (κ3) is 5.34. The number of rotatable bonds is 6. The van der Waals surface area contributed by atoms with E-state index >= 15 is 0 Å². The molecule has 1 unspecified atom stereocenters. The van der Waals surface area contributed by atoms with E-state index in [9.17, 15) is 4.79 Å². The molecule has 1 atom stereocenters. The lowest BCUT2D eigenvalue weighted by Crippen LogP contribution is -2.40. The zero-order valence-electron chi connectivity index (χ0n) is 15.7. The summed E-state index contributed by atoms with van der Waals surface area (Å²) in [4.78, 5) is 12.4. The Morgan fingerprint density at radius 1 is 1.11 bits per heavy atom. The Kier molecular flexibility index (Phi) is 6.49. The van der Waals surface area contributed by atoms with Gasteiger partial charge in [-0.3, -0.25) is 4.79 Å². The van der Waals surface area contributed by atoms with Gasteiger partial charge in [0, 0.05) is 11.6 Å². The van der Waals surface area contributed by atoms with Gasteiger partial charge in [-0.1, -0.05) is 18.2 Å². The van der Waals surface area contributed by atoms with Crippen LogP contribution in [0.1, 0.15) is 48.5 Å². The summed E-state index contributed by atoms with van der Waals surface area (Å²) >= 11 is 0. The lowest BCUT2D eigenvalue weighted by atomic mass is 9.79. The highest BCUT2D eigenvalue weighted by Gasteiger charge is 2.26. The number of nitrogens with zero attached hydrogens (tertiary/aromatic N) is 1. The maximum atomic E-state index is 12.4. The molecule has 0 aromatic heterocycles. The Morgan fingerprint density at radius 2 is 1.78 bits per heavy atom. The van der Waals surface area contributed by atoms with Gasteiger partial charge >= 0.3 is 0 Å². The Labute approximate surface area is 161 Å². The second kappa shape index (κ2) is 9.23. The van der Waals surface area contributed by atoms with E-state index in [0.29, 0.717) is 23.0 Å². The van der Waals surface area contributed by atoms with Crippen molar-refractivity contribution in [3.05, 3.63) is 65.7 Å². The number of nitrogens with one attached hydrogen (secondary N) is 1. The van der Waals surface area contributed by atoms with Gasteiger partial charge in [0.25, 0.3) is 5.91 Å². The minimum Gasteiger partial charge on any atom is -0.493 e. The second-order valence-corrected chi connectivity index (χ2v) is 7.36. The van der Waals surface area contributed by atoms with Gasteiger partial charge in [0.2, 0.25) is 0 Å². The van der Waals surface area contributed by atoms with Crippen molar-refractivity contribution in [1.29, 1.82) is 5.26 Å². The third-order valence-corrected chi connectivity index (χ3v) is 5.46. The van der Waals surface area contributed by atoms with Crippen LogP contribution in [-0.2, 0) is 0 Å². The topological polar surface area (TPSA) is 62.1 Å². The van der Waals surface area contributed by atoms with Gasteiger partial charge in [-0.05, 0) is 80.8 Å². The summed E-state index contributed by atoms with van der Waals surface area (Å²) in [5.41, 5.74) is 1.17. The summed E-state index contributed by atoms with van der Waals surface area (Å²) in [5.74, 6) is 1.95. The molecule has 1 amide bonds. The fourth-order valence-corrected chi connectivity index (χ4v) is 3.69. The maximum absolute atomic E-state index is 12.4. The minimum atomic E-state index is -0.0680. The van der Waals surface area contributed by atoms with Crippen LogP contribution in [0.4, 0.5) is 0 Å². The molecular formula is C23H26N2O2. The van der Waals surface area contributed by atoms with Crippen molar-refractivity contribution in [1.82, 2.24) is 5.32 Å². The normalized spacial score (nSPS) is 20.3. The number of para-hydroxylation sites is 1. The number of nitriles is 1. The van der Waals surface area contributed by atoms with E-state index in [-0.39, 0.29) is 11.9 Å². The molecule has 0 heterocycles. The van der Waals surface area contributed by atoms with E-state index < -0.39 is 0 Å². The highest BCUT2D eigenvalue weighted by molar-refractivity contribution is 5.94. The number of ether oxygens (including phenoxy) is 1. The quantitative estimate of drug-likeness (QED) is 0.819. The monoisotopic (exact) mass is 362 g/mol. The molecular weight excluding hydrogens is 336 g/mol. The molecule has 0 radical (unpaired) electrons. The molecule has 0 saturated heterocycles. The van der Waals surface area contributed by atoms with Gasteiger partial charge in [0.05, 0.1) is 18.2 Å². The average molecular weight is 362 g/mol. The summed E-state index contributed by atoms with van der Waals surface area (Å²) in [5, 5.41) is 12.0. The second-order valence-electron chi connectivity index (χ2n) is 7.36. The molecule has 1 fully saturated rings. The number of benzene rings is 2. The first-order valence-corrected chi connectivity index (χ1v) is 9.64. The van der Waals surface area contributed by atoms with Crippen LogP contribution in [0, 0.1) is 23.2 Å². The molecule has 3 rings (SSSR count). The van der Waals surface area contributed by atoms with Crippen molar-refractivity contribution in [2.75, 3.05) is 6.61 Å². The average Bonchev–Trinajstić information content (AvgIpc) is 2.73. The SMILES string of the molecule is CC(NC(=O)c1ccc(C#N)cc1)C1CCC(COc2ccccc2)CC1. The third-order valence-electron chi connectivity index (χ3n) is 5.46. The van der Waals surface area contributed by atoms with Crippen LogP contribution in [0.2, 0.25) is 0 Å². The molecule has 0 bridgehead atoms. The van der Waals surface area contributed by atoms with Crippen molar-refractivity contribution >= 4 is 5.91 Å². The summed E-state index contributed by atoms with van der Waals surface area (Å²) in [6, 6.07) is 18.9. The maximum Gasteiger partial charge on any atom is 0.251 e. The van der Waals surface area contributed by atoms with E-state index in [2.05, 4.69) is 18.3 Å². The number of hydrogen-bond donors (Lipinski definition) is 1. The van der Waals surface area contributed by atoms with Crippen molar-refractivity contribution in [3.63, 3.8) is 0 Å². The molecule has 1 aliphatic carbocycles. The van der Waals surface area contributed by atoms with Gasteiger partial charge in [-0.25, -0.2) is 0 Å². The fourth-order valence-electron chi connectivity index (χ4n) is 3.69. The predicted molar refractivity (Wildman–Crippen MR) is 105 cm³/mol. The van der Waals surface area contributed by atoms with Crippen LogP contribution in [0.5, 0.6) is 5.75 Å². The molecule has 4 heteroatoms. The molecule has 140 valence electrons. The van der Waals surface area contributed by atoms with Gasteiger partial charge in [-0.2, -0.15) is 5.26 Å². The van der Waals surface area contributed by atoms with E-state index in [1.54, 1.807) is 24.3 Å². The fraction of sp³-hybridized carbons (Fsp3) is 0.391. The van der Waals surface area contributed by atoms with E-state index in [1.807, 2.05) is 30.3 Å². The highest BCUT2D eigenvalue weighted by Crippen LogP contribution is 2.31. The molecule has 1 N–H and O–H groups in total. The standard InChI is InChI=1S/C23H26N2O2/c1-17(25-23(26)21-13-7-18(15-24)8-14-21)20-11-9-19(10-12-20)16-27-22-5-3-2-4-6-22/h2-8,13-14,17,19-20H,9-12,16H2,1H3,(H,25,26). The van der Waals surface area contributed by atoms with E-state index in [0.717, 1.165) is 38.0 Å². The molecule has 4 nitrogen and oxygen atoms in total. The van der Waals surface area contributed by atoms with Gasteiger partial charge in [-0.15, -0.1) is 0 Å². The minimum absolute atomic E-state index is 0.0680. The van der Waals surface area contributed by atoms with E-state index in [4.69, 9.17) is 10.00 Å². The number of carbonyl (C=O) groups excluding carboxylic acids is 1. The van der Waals surface area contributed by atoms with Crippen molar-refractivity contribution in [2.24, 2.45) is 11.8 Å². The van der Waals surface area contributed by atoms with Crippen LogP contribution < -0.4 is 10.1 Å². The lowest BCUT2D eigenvalue weighted by Gasteiger charge is -2.32. The van der Waals surface area contributed by atoms with Gasteiger partial charge in [0.1, 0.15) is 5.75 Å². The molecule has 2 aromatic rings. The number of hydrogen-bond acceptors (Lipinski definition) is 3. The highest BCUT2D eigenvalue weighted by atomic mass is 16.5. The van der Waals surface area contributed by atoms with E-state index in [1.165, 1.54) is 0 Å². The lowest BCUT2D eigenvalue weighted by molar-refractivity contribution is 0.0908. The van der Waals surface area contributed by atoms with Crippen LogP contribution in [0.15, 0.2) is 54.6 Å². The van der Waals surface area contributed by atoms with Gasteiger partial charge < -0.3 is 10.1 Å². The molecule has 0 spiro atoms. The number of amides is 1. The predicted octanol–water partition coefficient (Wildman–Crippen LogP) is 4.56. The zero-order chi connectivity index (χ0) is 19.1. The molecule has 0 aliphatic heterocycles. The summed E-state index contributed by atoms with van der Waals surface area (Å²) in [6.07, 6.45) is 4.48. The first kappa shape index (κ1) is 19.0. The Balaban J connectivity index is 1.43. The summed E-state index contributed by atoms with van der Waals surface area (Å²) in [7, 11) is 0. The van der Waals surface area contributed by atoms with Crippen LogP contribution >= 0.6 is 0 Å². The Morgan fingerprint density at radius 3 is 2.41 bits per heavy atom. The zero-order valence-corrected chi connectivity index (χ0v) is 15.7. The Hall–Kier alpha value is -2.80. The largest absolute Gasteiger partial charge is 0.493 e. The Bertz CT molecular complexity index is 772. The first-order chi connectivity index (χ1) is 13.2. The smallest absolute Gasteiger partial charge is 0.251 e. The molecule has 27 heavy (non-hydrogen) atoms. The van der Waals surface area contributed by atoms with Crippen molar-refractivity contribution in [2.45, 2.75) is 38.6 Å². The summed E-state index contributed by atoms with van der Waals surface area (Å²) in [6.45, 7) is 2.86. The molecule has 2 aromatic carbocycles. The molecule has 1 saturated carbocycles. The van der Waals surface area contributed by atoms with Crippen molar-refractivity contribution in [3.8, 4) is 11.8 Å². The summed E-state index contributed by atoms with van der Waals surface area (Å²) < 4.78 is 5.89. The van der Waals surface area contributed by atoms with Crippen LogP contribution in [-0.4, -0.2) is 18.6 Å². The van der Waals surface area contributed by atoms with Crippen LogP contribution in [0.3, 0.4) is 0 Å². The van der Waals surface area contributed by atoms with Gasteiger partial charge in [0.15, 0.2) is 0 Å². The van der Waals surface area contributed by atoms with Crippen molar-refractivity contribution < 1.29 is 9.53 Å². The van der Waals surface area contributed by atoms with Crippen LogP contribution in [0.25, 0.3) is 0 Å². The molecule has 1 aliphatic rings. The number of carbonyl (C=O) groups is 1.